The molecular weight excluding hydrogens is 218 g/mol. The summed E-state index contributed by atoms with van der Waals surface area (Å²) in [6, 6.07) is 0.282. The number of methoxy groups -OCH3 is 2. The lowest BCUT2D eigenvalue weighted by molar-refractivity contribution is -0.159. The van der Waals surface area contributed by atoms with E-state index in [-0.39, 0.29) is 18.1 Å². The van der Waals surface area contributed by atoms with Crippen LogP contribution in [0.4, 0.5) is 0 Å². The summed E-state index contributed by atoms with van der Waals surface area (Å²) in [5.74, 6) is -0.190. The summed E-state index contributed by atoms with van der Waals surface area (Å²) >= 11 is 0. The zero-order chi connectivity index (χ0) is 12.9. The largest absolute Gasteiger partial charge is 0.468 e. The second-order valence-corrected chi connectivity index (χ2v) is 4.89. The van der Waals surface area contributed by atoms with Gasteiger partial charge < -0.3 is 9.47 Å². The van der Waals surface area contributed by atoms with Crippen LogP contribution >= 0.6 is 0 Å². The minimum Gasteiger partial charge on any atom is -0.468 e. The summed E-state index contributed by atoms with van der Waals surface area (Å²) in [6.45, 7) is 4.19. The normalized spacial score (nSPS) is 30.9. The fourth-order valence-corrected chi connectivity index (χ4v) is 2.64. The predicted octanol–water partition coefficient (Wildman–Crippen LogP) is 1.88. The third-order valence-corrected chi connectivity index (χ3v) is 3.79. The lowest BCUT2D eigenvalue weighted by Gasteiger charge is -2.43. The van der Waals surface area contributed by atoms with Crippen LogP contribution in [-0.2, 0) is 14.3 Å². The topological polar surface area (TPSA) is 47.6 Å². The number of nitrogens with one attached hydrogen (secondary N) is 1. The number of hydrogen-bond acceptors (Lipinski definition) is 4. The third-order valence-electron chi connectivity index (χ3n) is 3.79. The van der Waals surface area contributed by atoms with Crippen molar-refractivity contribution >= 4 is 5.97 Å². The van der Waals surface area contributed by atoms with Gasteiger partial charge in [0.25, 0.3) is 0 Å². The van der Waals surface area contributed by atoms with Gasteiger partial charge in [-0.15, -0.1) is 0 Å². The van der Waals surface area contributed by atoms with Crippen LogP contribution in [0.1, 0.15) is 46.0 Å². The lowest BCUT2D eigenvalue weighted by atomic mass is 9.78. The summed E-state index contributed by atoms with van der Waals surface area (Å²) in [6.07, 6.45) is 4.75. The molecule has 3 atom stereocenters. The number of esters is 1. The molecular formula is C13H25NO3. The van der Waals surface area contributed by atoms with Crippen LogP contribution in [-0.4, -0.2) is 37.9 Å². The highest BCUT2D eigenvalue weighted by Gasteiger charge is 2.49. The maximum absolute atomic E-state index is 12.1. The van der Waals surface area contributed by atoms with E-state index in [9.17, 15) is 4.79 Å². The smallest absolute Gasteiger partial charge is 0.328 e. The van der Waals surface area contributed by atoms with E-state index in [0.29, 0.717) is 0 Å². The van der Waals surface area contributed by atoms with Crippen molar-refractivity contribution < 1.29 is 14.3 Å². The van der Waals surface area contributed by atoms with Gasteiger partial charge in [0, 0.05) is 13.2 Å². The van der Waals surface area contributed by atoms with Crippen LogP contribution in [0.25, 0.3) is 0 Å². The molecule has 1 saturated carbocycles. The highest BCUT2D eigenvalue weighted by molar-refractivity contribution is 5.82. The van der Waals surface area contributed by atoms with Gasteiger partial charge in [-0.05, 0) is 26.2 Å². The van der Waals surface area contributed by atoms with Gasteiger partial charge in [0.2, 0.25) is 0 Å². The molecule has 1 aliphatic rings. The number of carbonyl (C=O) groups is 1. The van der Waals surface area contributed by atoms with Crippen LogP contribution in [0.5, 0.6) is 0 Å². The average molecular weight is 243 g/mol. The van der Waals surface area contributed by atoms with E-state index in [0.717, 1.165) is 32.1 Å². The Morgan fingerprint density at radius 3 is 2.71 bits per heavy atom. The van der Waals surface area contributed by atoms with E-state index in [1.54, 1.807) is 7.11 Å². The SMILES string of the molecule is CCC(C)NC1(C(=O)OC)CCCCC1OC. The zero-order valence-electron chi connectivity index (χ0n) is 11.4. The average Bonchev–Trinajstić information content (AvgIpc) is 2.37. The standard InChI is InChI=1S/C13H25NO3/c1-5-10(2)14-13(12(15)17-4)9-7-6-8-11(13)16-3/h10-11,14H,5-9H2,1-4H3. The van der Waals surface area contributed by atoms with Crippen molar-refractivity contribution in [1.82, 2.24) is 5.32 Å². The molecule has 0 aromatic carbocycles. The molecule has 100 valence electrons. The number of hydrogen-bond donors (Lipinski definition) is 1. The van der Waals surface area contributed by atoms with Crippen molar-refractivity contribution in [1.29, 1.82) is 0 Å². The first kappa shape index (κ1) is 14.5. The predicted molar refractivity (Wildman–Crippen MR) is 66.9 cm³/mol. The summed E-state index contributed by atoms with van der Waals surface area (Å²) in [7, 11) is 3.12. The fraction of sp³-hybridized carbons (Fsp3) is 0.923. The van der Waals surface area contributed by atoms with Crippen LogP contribution in [0.15, 0.2) is 0 Å². The Balaban J connectivity index is 2.93. The molecule has 0 radical (unpaired) electrons. The maximum Gasteiger partial charge on any atom is 0.328 e. The van der Waals surface area contributed by atoms with Crippen molar-refractivity contribution in [3.05, 3.63) is 0 Å². The lowest BCUT2D eigenvalue weighted by Crippen LogP contribution is -2.64. The zero-order valence-corrected chi connectivity index (χ0v) is 11.4. The first-order valence-electron chi connectivity index (χ1n) is 6.49. The molecule has 0 aromatic heterocycles. The Morgan fingerprint density at radius 1 is 1.47 bits per heavy atom. The van der Waals surface area contributed by atoms with E-state index >= 15 is 0 Å². The molecule has 0 aromatic rings. The summed E-state index contributed by atoms with van der Waals surface area (Å²) in [5.41, 5.74) is -0.656. The molecule has 17 heavy (non-hydrogen) atoms. The summed E-state index contributed by atoms with van der Waals surface area (Å²) < 4.78 is 10.5. The molecule has 0 saturated heterocycles. The van der Waals surface area contributed by atoms with E-state index in [2.05, 4.69) is 19.2 Å². The molecule has 0 heterocycles. The molecule has 1 aliphatic carbocycles. The summed E-state index contributed by atoms with van der Waals surface area (Å²) in [4.78, 5) is 12.1. The van der Waals surface area contributed by atoms with Gasteiger partial charge in [-0.25, -0.2) is 4.79 Å². The van der Waals surface area contributed by atoms with E-state index in [4.69, 9.17) is 9.47 Å². The number of ether oxygens (including phenoxy) is 2. The highest BCUT2D eigenvalue weighted by atomic mass is 16.5. The molecule has 0 amide bonds. The summed E-state index contributed by atoms with van der Waals surface area (Å²) in [5, 5.41) is 3.43. The highest BCUT2D eigenvalue weighted by Crippen LogP contribution is 2.32. The molecule has 0 spiro atoms. The second kappa shape index (κ2) is 6.36. The Morgan fingerprint density at radius 2 is 2.18 bits per heavy atom. The van der Waals surface area contributed by atoms with Gasteiger partial charge in [-0.3, -0.25) is 5.32 Å². The maximum atomic E-state index is 12.1. The quantitative estimate of drug-likeness (QED) is 0.749. The van der Waals surface area contributed by atoms with Crippen LogP contribution in [0.3, 0.4) is 0 Å². The second-order valence-electron chi connectivity index (χ2n) is 4.89. The third kappa shape index (κ3) is 2.99. The van der Waals surface area contributed by atoms with Crippen molar-refractivity contribution in [2.75, 3.05) is 14.2 Å². The van der Waals surface area contributed by atoms with Gasteiger partial charge >= 0.3 is 5.97 Å². The van der Waals surface area contributed by atoms with E-state index in [1.165, 1.54) is 7.11 Å². The molecule has 0 bridgehead atoms. The van der Waals surface area contributed by atoms with Gasteiger partial charge in [0.05, 0.1) is 13.2 Å². The van der Waals surface area contributed by atoms with Crippen LogP contribution < -0.4 is 5.32 Å². The Bertz CT molecular complexity index is 257. The Kier molecular flexibility index (Phi) is 5.40. The van der Waals surface area contributed by atoms with E-state index < -0.39 is 5.54 Å². The van der Waals surface area contributed by atoms with Gasteiger partial charge in [0.15, 0.2) is 0 Å². The fourth-order valence-electron chi connectivity index (χ4n) is 2.64. The van der Waals surface area contributed by atoms with Crippen molar-refractivity contribution in [3.8, 4) is 0 Å². The molecule has 0 aliphatic heterocycles. The first-order valence-corrected chi connectivity index (χ1v) is 6.49. The van der Waals surface area contributed by atoms with Gasteiger partial charge in [0.1, 0.15) is 5.54 Å². The van der Waals surface area contributed by atoms with Crippen molar-refractivity contribution in [3.63, 3.8) is 0 Å². The minimum atomic E-state index is -0.656. The van der Waals surface area contributed by atoms with E-state index in [1.807, 2.05) is 0 Å². The van der Waals surface area contributed by atoms with Crippen molar-refractivity contribution in [2.24, 2.45) is 0 Å². The minimum absolute atomic E-state index is 0.0855. The monoisotopic (exact) mass is 243 g/mol. The van der Waals surface area contributed by atoms with Crippen LogP contribution in [0.2, 0.25) is 0 Å². The molecule has 1 rings (SSSR count). The molecule has 3 unspecified atom stereocenters. The Hall–Kier alpha value is -0.610. The first-order chi connectivity index (χ1) is 8.10. The number of rotatable bonds is 5. The van der Waals surface area contributed by atoms with Crippen LogP contribution in [0, 0.1) is 0 Å². The molecule has 1 N–H and O–H groups in total. The Labute approximate surface area is 104 Å². The van der Waals surface area contributed by atoms with Crippen molar-refractivity contribution in [2.45, 2.75) is 63.6 Å². The molecule has 1 fully saturated rings. The van der Waals surface area contributed by atoms with Gasteiger partial charge in [-0.1, -0.05) is 19.8 Å². The van der Waals surface area contributed by atoms with Gasteiger partial charge in [-0.2, -0.15) is 0 Å². The number of carbonyl (C=O) groups excluding carboxylic acids is 1. The molecule has 4 nitrogen and oxygen atoms in total. The molecule has 4 heteroatoms.